The molecule has 1 aliphatic carbocycles. The van der Waals surface area contributed by atoms with E-state index in [-0.39, 0.29) is 11.4 Å². The molecule has 0 aromatic carbocycles. The molecule has 3 rings (SSSR count). The number of aryl methyl sites for hydroxylation is 2. The van der Waals surface area contributed by atoms with Crippen LogP contribution in [-0.4, -0.2) is 21.2 Å². The number of hydrogen-bond donors (Lipinski definition) is 2. The Morgan fingerprint density at radius 2 is 2.25 bits per heavy atom. The second kappa shape index (κ2) is 4.48. The number of amides is 1. The van der Waals surface area contributed by atoms with Crippen LogP contribution in [0.5, 0.6) is 0 Å². The highest BCUT2D eigenvalue weighted by molar-refractivity contribution is 7.21. The molecule has 0 atom stereocenters. The van der Waals surface area contributed by atoms with Crippen molar-refractivity contribution in [1.82, 2.24) is 15.1 Å². The van der Waals surface area contributed by atoms with Crippen LogP contribution in [0.2, 0.25) is 0 Å². The highest BCUT2D eigenvalue weighted by Crippen LogP contribution is 2.38. The topological polar surface area (TPSA) is 72.9 Å². The number of carbonyl (C=O) groups excluding carboxylic acids is 1. The lowest BCUT2D eigenvalue weighted by Crippen LogP contribution is -2.52. The first-order chi connectivity index (χ1) is 9.47. The molecule has 0 spiro atoms. The predicted octanol–water partition coefficient (Wildman–Crippen LogP) is 2.59. The van der Waals surface area contributed by atoms with Crippen LogP contribution >= 0.6 is 11.3 Å². The molecule has 5 nitrogen and oxygen atoms in total. The third-order valence-corrected chi connectivity index (χ3v) is 5.73. The minimum absolute atomic E-state index is 0.00695. The molecule has 1 aliphatic rings. The van der Waals surface area contributed by atoms with Gasteiger partial charge in [-0.2, -0.15) is 5.10 Å². The molecular formula is C14H20N4OS. The maximum atomic E-state index is 12.5. The van der Waals surface area contributed by atoms with Crippen LogP contribution < -0.4 is 11.1 Å². The number of rotatable bonds is 3. The summed E-state index contributed by atoms with van der Waals surface area (Å²) in [7, 11) is 1.88. The monoisotopic (exact) mass is 292 g/mol. The largest absolute Gasteiger partial charge is 0.397 e. The molecule has 2 aromatic rings. The van der Waals surface area contributed by atoms with E-state index in [1.54, 1.807) is 4.68 Å². The van der Waals surface area contributed by atoms with E-state index in [1.807, 2.05) is 14.0 Å². The van der Waals surface area contributed by atoms with Gasteiger partial charge in [-0.3, -0.25) is 9.48 Å². The second-order valence-corrected chi connectivity index (χ2v) is 6.67. The lowest BCUT2D eigenvalue weighted by molar-refractivity contribution is 0.0825. The number of nitrogens with one attached hydrogen (secondary N) is 1. The first-order valence-electron chi connectivity index (χ1n) is 7.01. The van der Waals surface area contributed by atoms with Gasteiger partial charge in [0.15, 0.2) is 0 Å². The van der Waals surface area contributed by atoms with Crippen molar-refractivity contribution >= 4 is 33.1 Å². The van der Waals surface area contributed by atoms with E-state index in [0.717, 1.165) is 35.2 Å². The maximum Gasteiger partial charge on any atom is 0.264 e. The molecule has 2 aromatic heterocycles. The van der Waals surface area contributed by atoms with Crippen LogP contribution in [-0.2, 0) is 7.05 Å². The third kappa shape index (κ3) is 1.82. The van der Waals surface area contributed by atoms with Crippen molar-refractivity contribution in [2.75, 3.05) is 5.73 Å². The molecule has 1 fully saturated rings. The van der Waals surface area contributed by atoms with Gasteiger partial charge in [-0.15, -0.1) is 11.3 Å². The molecule has 1 amide bonds. The summed E-state index contributed by atoms with van der Waals surface area (Å²) in [4.78, 5) is 14.1. The minimum Gasteiger partial charge on any atom is -0.397 e. The van der Waals surface area contributed by atoms with E-state index in [0.29, 0.717) is 10.6 Å². The number of hydrogen-bond acceptors (Lipinski definition) is 4. The van der Waals surface area contributed by atoms with E-state index < -0.39 is 0 Å². The maximum absolute atomic E-state index is 12.5. The Morgan fingerprint density at radius 3 is 2.75 bits per heavy atom. The molecule has 0 aliphatic heterocycles. The summed E-state index contributed by atoms with van der Waals surface area (Å²) < 4.78 is 1.79. The number of nitrogens with zero attached hydrogens (tertiary/aromatic N) is 2. The van der Waals surface area contributed by atoms with Gasteiger partial charge >= 0.3 is 0 Å². The van der Waals surface area contributed by atoms with Crippen LogP contribution in [0.4, 0.5) is 5.69 Å². The smallest absolute Gasteiger partial charge is 0.264 e. The lowest BCUT2D eigenvalue weighted by atomic mass is 9.75. The first-order valence-corrected chi connectivity index (χ1v) is 7.83. The Kier molecular flexibility index (Phi) is 3.01. The molecule has 20 heavy (non-hydrogen) atoms. The third-order valence-electron chi connectivity index (χ3n) is 4.45. The van der Waals surface area contributed by atoms with E-state index in [1.165, 1.54) is 17.8 Å². The van der Waals surface area contributed by atoms with Crippen LogP contribution in [0, 0.1) is 6.92 Å². The summed E-state index contributed by atoms with van der Waals surface area (Å²) in [5, 5.41) is 8.45. The fourth-order valence-corrected chi connectivity index (χ4v) is 4.05. The van der Waals surface area contributed by atoms with Gasteiger partial charge in [0, 0.05) is 12.6 Å². The number of anilines is 1. The van der Waals surface area contributed by atoms with E-state index in [2.05, 4.69) is 17.3 Å². The van der Waals surface area contributed by atoms with Gasteiger partial charge < -0.3 is 11.1 Å². The minimum atomic E-state index is -0.0374. The van der Waals surface area contributed by atoms with Gasteiger partial charge in [0.2, 0.25) is 0 Å². The molecule has 0 saturated heterocycles. The Hall–Kier alpha value is -1.56. The number of nitrogens with two attached hydrogens (primary N) is 1. The SMILES string of the molecule is CCC1(NC(=O)c2sc3c(c(C)nn3C)c2N)CCC1. The molecule has 108 valence electrons. The number of nitrogen functional groups attached to an aromatic ring is 1. The second-order valence-electron chi connectivity index (χ2n) is 5.68. The molecule has 1 saturated carbocycles. The van der Waals surface area contributed by atoms with Gasteiger partial charge in [0.25, 0.3) is 5.91 Å². The number of thiophene rings is 1. The van der Waals surface area contributed by atoms with Crippen LogP contribution in [0.25, 0.3) is 10.2 Å². The molecule has 0 bridgehead atoms. The summed E-state index contributed by atoms with van der Waals surface area (Å²) in [5.74, 6) is -0.0374. The summed E-state index contributed by atoms with van der Waals surface area (Å²) in [6.07, 6.45) is 4.31. The number of carbonyl (C=O) groups is 1. The fraction of sp³-hybridized carbons (Fsp3) is 0.571. The van der Waals surface area contributed by atoms with E-state index in [4.69, 9.17) is 5.73 Å². The van der Waals surface area contributed by atoms with Gasteiger partial charge in [-0.05, 0) is 32.6 Å². The summed E-state index contributed by atoms with van der Waals surface area (Å²) in [6, 6.07) is 0. The summed E-state index contributed by atoms with van der Waals surface area (Å²) >= 11 is 1.43. The molecule has 0 radical (unpaired) electrons. The van der Waals surface area contributed by atoms with Gasteiger partial charge in [0.1, 0.15) is 9.71 Å². The quantitative estimate of drug-likeness (QED) is 0.913. The average Bonchev–Trinajstić information content (AvgIpc) is 2.84. The Balaban J connectivity index is 1.96. The molecule has 6 heteroatoms. The van der Waals surface area contributed by atoms with Gasteiger partial charge in [-0.25, -0.2) is 0 Å². The van der Waals surface area contributed by atoms with E-state index >= 15 is 0 Å². The molecule has 0 unspecified atom stereocenters. The highest BCUT2D eigenvalue weighted by atomic mass is 32.1. The molecule has 3 N–H and O–H groups in total. The standard InChI is InChI=1S/C14H20N4OS/c1-4-14(6-5-7-14)16-12(19)11-10(15)9-8(2)17-18(3)13(9)20-11/h4-7,15H2,1-3H3,(H,16,19). The summed E-state index contributed by atoms with van der Waals surface area (Å²) in [5.41, 5.74) is 7.61. The highest BCUT2D eigenvalue weighted by Gasteiger charge is 2.37. The van der Waals surface area contributed by atoms with Crippen LogP contribution in [0.3, 0.4) is 0 Å². The fourth-order valence-electron chi connectivity index (χ4n) is 2.97. The van der Waals surface area contributed by atoms with E-state index in [9.17, 15) is 4.79 Å². The van der Waals surface area contributed by atoms with Crippen molar-refractivity contribution in [3.05, 3.63) is 10.6 Å². The van der Waals surface area contributed by atoms with Gasteiger partial charge in [0.05, 0.1) is 16.8 Å². The first kappa shape index (κ1) is 13.4. The van der Waals surface area contributed by atoms with Crippen LogP contribution in [0.1, 0.15) is 48.0 Å². The van der Waals surface area contributed by atoms with Crippen molar-refractivity contribution in [1.29, 1.82) is 0 Å². The normalized spacial score (nSPS) is 17.1. The van der Waals surface area contributed by atoms with Crippen molar-refractivity contribution in [2.24, 2.45) is 7.05 Å². The Labute approximate surface area is 122 Å². The molecular weight excluding hydrogens is 272 g/mol. The van der Waals surface area contributed by atoms with Crippen molar-refractivity contribution in [2.45, 2.75) is 45.1 Å². The molecule has 2 heterocycles. The van der Waals surface area contributed by atoms with Crippen LogP contribution in [0.15, 0.2) is 0 Å². The Bertz CT molecular complexity index is 675. The average molecular weight is 292 g/mol. The zero-order valence-electron chi connectivity index (χ0n) is 12.1. The lowest BCUT2D eigenvalue weighted by Gasteiger charge is -2.41. The zero-order chi connectivity index (χ0) is 14.5. The Morgan fingerprint density at radius 1 is 1.55 bits per heavy atom. The summed E-state index contributed by atoms with van der Waals surface area (Å²) in [6.45, 7) is 4.05. The predicted molar refractivity (Wildman–Crippen MR) is 82.1 cm³/mol. The zero-order valence-corrected chi connectivity index (χ0v) is 12.9. The van der Waals surface area contributed by atoms with Gasteiger partial charge in [-0.1, -0.05) is 6.92 Å². The van der Waals surface area contributed by atoms with Crippen molar-refractivity contribution in [3.63, 3.8) is 0 Å². The number of fused-ring (bicyclic) bond motifs is 1. The van der Waals surface area contributed by atoms with Crippen molar-refractivity contribution in [3.8, 4) is 0 Å². The number of aromatic nitrogens is 2. The van der Waals surface area contributed by atoms with Crippen molar-refractivity contribution < 1.29 is 4.79 Å².